The van der Waals surface area contributed by atoms with Crippen molar-refractivity contribution < 1.29 is 0 Å². The zero-order valence-corrected chi connectivity index (χ0v) is 11.6. The minimum atomic E-state index is 0.719. The summed E-state index contributed by atoms with van der Waals surface area (Å²) in [5.74, 6) is 1.78. The van der Waals surface area contributed by atoms with Crippen LogP contribution in [0.1, 0.15) is 38.7 Å². The molecule has 3 atom stereocenters. The summed E-state index contributed by atoms with van der Waals surface area (Å²) in [6, 6.07) is 11.2. The molecule has 0 amide bonds. The Labute approximate surface area is 111 Å². The van der Waals surface area contributed by atoms with E-state index in [9.17, 15) is 0 Å². The van der Waals surface area contributed by atoms with E-state index in [1.165, 1.54) is 24.8 Å². The minimum Gasteiger partial charge on any atom is -0.311 e. The average Bonchev–Trinajstić information content (AvgIpc) is 2.40. The maximum absolute atomic E-state index is 3.66. The van der Waals surface area contributed by atoms with Gasteiger partial charge >= 0.3 is 0 Å². The van der Waals surface area contributed by atoms with Gasteiger partial charge < -0.3 is 5.32 Å². The molecule has 3 unspecified atom stereocenters. The zero-order valence-electron chi connectivity index (χ0n) is 11.6. The summed E-state index contributed by atoms with van der Waals surface area (Å²) in [7, 11) is 0. The molecule has 2 rings (SSSR count). The Kier molecular flexibility index (Phi) is 5.00. The molecule has 1 aliphatic carbocycles. The minimum absolute atomic E-state index is 0.719. The monoisotopic (exact) mass is 243 g/mol. The van der Waals surface area contributed by atoms with Crippen molar-refractivity contribution in [2.24, 2.45) is 11.8 Å². The van der Waals surface area contributed by atoms with Gasteiger partial charge in [0.05, 0.1) is 0 Å². The molecule has 18 heavy (non-hydrogen) atoms. The lowest BCUT2D eigenvalue weighted by Crippen LogP contribution is -2.36. The topological polar surface area (TPSA) is 12.0 Å². The van der Waals surface area contributed by atoms with Crippen LogP contribution in [0.4, 0.5) is 0 Å². The molecule has 0 spiro atoms. The maximum Gasteiger partial charge on any atom is 0.0140 e. The van der Waals surface area contributed by atoms with E-state index in [0.29, 0.717) is 0 Å². The Bertz CT molecular complexity index is 368. The van der Waals surface area contributed by atoms with Gasteiger partial charge in [0.25, 0.3) is 0 Å². The highest BCUT2D eigenvalue weighted by Crippen LogP contribution is 2.29. The fraction of sp³-hybridized carbons (Fsp3) is 0.529. The third-order valence-corrected chi connectivity index (χ3v) is 4.23. The first-order chi connectivity index (χ1) is 8.75. The van der Waals surface area contributed by atoms with E-state index in [1.807, 2.05) is 0 Å². The highest BCUT2D eigenvalue weighted by molar-refractivity contribution is 5.48. The summed E-state index contributed by atoms with van der Waals surface area (Å²) in [5, 5.41) is 3.66. The molecule has 1 heteroatoms. The number of benzene rings is 1. The van der Waals surface area contributed by atoms with Gasteiger partial charge in [-0.15, -0.1) is 0 Å². The molecule has 1 aromatic carbocycles. The van der Waals surface area contributed by atoms with Crippen LogP contribution >= 0.6 is 0 Å². The fourth-order valence-corrected chi connectivity index (χ4v) is 2.73. The molecule has 1 saturated carbocycles. The Morgan fingerprint density at radius 2 is 1.89 bits per heavy atom. The average molecular weight is 243 g/mol. The summed E-state index contributed by atoms with van der Waals surface area (Å²) < 4.78 is 0. The predicted octanol–water partition coefficient (Wildman–Crippen LogP) is 4.11. The van der Waals surface area contributed by atoms with Gasteiger partial charge in [-0.2, -0.15) is 0 Å². The second-order valence-corrected chi connectivity index (χ2v) is 5.69. The van der Waals surface area contributed by atoms with Crippen LogP contribution in [0, 0.1) is 11.8 Å². The fourth-order valence-electron chi connectivity index (χ4n) is 2.73. The number of hydrogen-bond donors (Lipinski definition) is 1. The number of hydrogen-bond acceptors (Lipinski definition) is 1. The van der Waals surface area contributed by atoms with Gasteiger partial charge in [-0.25, -0.2) is 0 Å². The van der Waals surface area contributed by atoms with Crippen molar-refractivity contribution >= 4 is 6.08 Å². The normalized spacial score (nSPS) is 28.7. The van der Waals surface area contributed by atoms with Crippen molar-refractivity contribution in [1.82, 2.24) is 5.32 Å². The van der Waals surface area contributed by atoms with Gasteiger partial charge in [-0.1, -0.05) is 56.3 Å². The highest BCUT2D eigenvalue weighted by atomic mass is 14.9. The summed E-state index contributed by atoms with van der Waals surface area (Å²) in [4.78, 5) is 0. The summed E-state index contributed by atoms with van der Waals surface area (Å²) in [5.41, 5.74) is 1.28. The van der Waals surface area contributed by atoms with Gasteiger partial charge in [-0.3, -0.25) is 0 Å². The van der Waals surface area contributed by atoms with Crippen molar-refractivity contribution in [2.75, 3.05) is 6.54 Å². The van der Waals surface area contributed by atoms with Gasteiger partial charge in [0.1, 0.15) is 0 Å². The smallest absolute Gasteiger partial charge is 0.0140 e. The first-order valence-electron chi connectivity index (χ1n) is 7.20. The van der Waals surface area contributed by atoms with E-state index in [4.69, 9.17) is 0 Å². The molecular formula is C17H25N. The summed E-state index contributed by atoms with van der Waals surface area (Å²) in [6.07, 6.45) is 8.48. The Balaban J connectivity index is 1.71. The quantitative estimate of drug-likeness (QED) is 0.839. The maximum atomic E-state index is 3.66. The van der Waals surface area contributed by atoms with Gasteiger partial charge in [0.15, 0.2) is 0 Å². The van der Waals surface area contributed by atoms with Crippen molar-refractivity contribution in [3.05, 3.63) is 42.0 Å². The van der Waals surface area contributed by atoms with Crippen LogP contribution in [-0.2, 0) is 0 Å². The molecule has 1 nitrogen and oxygen atoms in total. The van der Waals surface area contributed by atoms with Crippen LogP contribution in [-0.4, -0.2) is 12.6 Å². The van der Waals surface area contributed by atoms with E-state index >= 15 is 0 Å². The Hall–Kier alpha value is -1.08. The summed E-state index contributed by atoms with van der Waals surface area (Å²) >= 11 is 0. The van der Waals surface area contributed by atoms with Gasteiger partial charge in [0, 0.05) is 12.6 Å². The largest absolute Gasteiger partial charge is 0.311 e. The first-order valence-corrected chi connectivity index (χ1v) is 7.20. The van der Waals surface area contributed by atoms with Gasteiger partial charge in [0.2, 0.25) is 0 Å². The van der Waals surface area contributed by atoms with E-state index < -0.39 is 0 Å². The third kappa shape index (κ3) is 3.99. The van der Waals surface area contributed by atoms with Crippen LogP contribution in [0.3, 0.4) is 0 Å². The Morgan fingerprint density at radius 3 is 2.61 bits per heavy atom. The van der Waals surface area contributed by atoms with Crippen LogP contribution in [0.5, 0.6) is 0 Å². The molecule has 0 saturated heterocycles. The third-order valence-electron chi connectivity index (χ3n) is 4.23. The van der Waals surface area contributed by atoms with Crippen LogP contribution < -0.4 is 5.32 Å². The lowest BCUT2D eigenvalue weighted by atomic mass is 9.79. The molecule has 98 valence electrons. The van der Waals surface area contributed by atoms with Crippen molar-refractivity contribution in [3.63, 3.8) is 0 Å². The van der Waals surface area contributed by atoms with Crippen molar-refractivity contribution in [2.45, 2.75) is 39.2 Å². The summed E-state index contributed by atoms with van der Waals surface area (Å²) in [6.45, 7) is 5.76. The second-order valence-electron chi connectivity index (χ2n) is 5.69. The second kappa shape index (κ2) is 6.75. The molecule has 0 bridgehead atoms. The molecule has 0 radical (unpaired) electrons. The molecule has 1 aliphatic rings. The standard InChI is InChI=1S/C17H25N/c1-14-10-11-17(13-15(14)2)18-12-6-9-16-7-4-3-5-8-16/h3-9,14-15,17-18H,10-13H2,1-2H3. The molecule has 0 aromatic heterocycles. The first kappa shape index (κ1) is 13.4. The van der Waals surface area contributed by atoms with Gasteiger partial charge in [-0.05, 0) is 36.7 Å². The van der Waals surface area contributed by atoms with E-state index in [2.05, 4.69) is 61.6 Å². The predicted molar refractivity (Wildman–Crippen MR) is 79.4 cm³/mol. The zero-order chi connectivity index (χ0) is 12.8. The Morgan fingerprint density at radius 1 is 1.11 bits per heavy atom. The number of nitrogens with one attached hydrogen (secondary N) is 1. The molecule has 1 aromatic rings. The number of rotatable bonds is 4. The van der Waals surface area contributed by atoms with Crippen LogP contribution in [0.25, 0.3) is 6.08 Å². The molecule has 1 N–H and O–H groups in total. The van der Waals surface area contributed by atoms with Crippen molar-refractivity contribution in [1.29, 1.82) is 0 Å². The van der Waals surface area contributed by atoms with E-state index in [-0.39, 0.29) is 0 Å². The molecular weight excluding hydrogens is 218 g/mol. The lowest BCUT2D eigenvalue weighted by molar-refractivity contribution is 0.230. The van der Waals surface area contributed by atoms with E-state index in [1.54, 1.807) is 0 Å². The van der Waals surface area contributed by atoms with Crippen LogP contribution in [0.15, 0.2) is 36.4 Å². The molecule has 1 fully saturated rings. The SMILES string of the molecule is CC1CCC(NCC=Cc2ccccc2)CC1C. The van der Waals surface area contributed by atoms with Crippen LogP contribution in [0.2, 0.25) is 0 Å². The molecule has 0 aliphatic heterocycles. The van der Waals surface area contributed by atoms with E-state index in [0.717, 1.165) is 24.4 Å². The lowest BCUT2D eigenvalue weighted by Gasteiger charge is -2.32. The van der Waals surface area contributed by atoms with Crippen molar-refractivity contribution in [3.8, 4) is 0 Å². The molecule has 0 heterocycles. The highest BCUT2D eigenvalue weighted by Gasteiger charge is 2.23.